The molecule has 1 saturated heterocycles. The number of anilines is 2. The van der Waals surface area contributed by atoms with E-state index >= 15 is 0 Å². The fourth-order valence-corrected chi connectivity index (χ4v) is 5.79. The second-order valence-corrected chi connectivity index (χ2v) is 11.1. The van der Waals surface area contributed by atoms with Gasteiger partial charge in [0.15, 0.2) is 5.03 Å². The van der Waals surface area contributed by atoms with Crippen LogP contribution in [0.2, 0.25) is 5.02 Å². The molecule has 5 heterocycles. The first-order chi connectivity index (χ1) is 18.4. The van der Waals surface area contributed by atoms with Crippen molar-refractivity contribution in [1.82, 2.24) is 38.6 Å². The number of nitrogens with two attached hydrogens (primary N) is 1. The average molecular weight is 583 g/mol. The summed E-state index contributed by atoms with van der Waals surface area (Å²) in [5.74, 6) is 0.0255. The Balaban J connectivity index is 1.36. The molecule has 17 heteroatoms. The summed E-state index contributed by atoms with van der Waals surface area (Å²) < 4.78 is 71.3. The quantitative estimate of drug-likeness (QED) is 0.350. The van der Waals surface area contributed by atoms with Crippen LogP contribution in [0, 0.1) is 0 Å². The molecule has 0 spiro atoms. The number of pyridine rings is 1. The van der Waals surface area contributed by atoms with Crippen LogP contribution in [0.5, 0.6) is 0 Å². The van der Waals surface area contributed by atoms with E-state index in [9.17, 15) is 21.6 Å². The molecule has 0 unspecified atom stereocenters. The number of aryl methyl sites for hydroxylation is 1. The van der Waals surface area contributed by atoms with Crippen LogP contribution in [-0.2, 0) is 23.2 Å². The average Bonchev–Trinajstić information content (AvgIpc) is 3.55. The number of hydrogen-bond acceptors (Lipinski definition) is 9. The fourth-order valence-electron chi connectivity index (χ4n) is 4.16. The van der Waals surface area contributed by atoms with Gasteiger partial charge in [-0.05, 0) is 18.9 Å². The van der Waals surface area contributed by atoms with Gasteiger partial charge in [-0.1, -0.05) is 11.6 Å². The highest BCUT2D eigenvalue weighted by molar-refractivity contribution is 7.89. The van der Waals surface area contributed by atoms with E-state index in [-0.39, 0.29) is 52.2 Å². The minimum atomic E-state index is -4.72. The maximum atomic E-state index is 13.8. The highest BCUT2D eigenvalue weighted by Gasteiger charge is 2.36. The van der Waals surface area contributed by atoms with Crippen LogP contribution in [-0.4, -0.2) is 66.1 Å². The molecular formula is C22H22ClF3N10O2S. The van der Waals surface area contributed by atoms with Crippen LogP contribution in [0.3, 0.4) is 0 Å². The molecule has 0 aliphatic carbocycles. The lowest BCUT2D eigenvalue weighted by Gasteiger charge is -2.31. The molecule has 39 heavy (non-hydrogen) atoms. The molecule has 0 saturated carbocycles. The van der Waals surface area contributed by atoms with Gasteiger partial charge in [0.1, 0.15) is 16.4 Å². The number of sulfonamides is 1. The Morgan fingerprint density at radius 3 is 2.54 bits per heavy atom. The Hall–Kier alpha value is -3.76. The van der Waals surface area contributed by atoms with Crippen LogP contribution in [0.4, 0.5) is 24.9 Å². The molecule has 0 radical (unpaired) electrons. The van der Waals surface area contributed by atoms with Crippen LogP contribution >= 0.6 is 11.6 Å². The Labute approximate surface area is 225 Å². The zero-order valence-corrected chi connectivity index (χ0v) is 21.9. The molecule has 5 rings (SSSR count). The summed E-state index contributed by atoms with van der Waals surface area (Å²) in [4.78, 5) is 15.8. The maximum absolute atomic E-state index is 13.8. The number of piperidine rings is 1. The van der Waals surface area contributed by atoms with Crippen molar-refractivity contribution in [1.29, 1.82) is 0 Å². The van der Waals surface area contributed by atoms with Gasteiger partial charge >= 0.3 is 6.18 Å². The third-order valence-corrected chi connectivity index (χ3v) is 8.34. The monoisotopic (exact) mass is 582 g/mol. The molecule has 1 aliphatic heterocycles. The molecule has 1 aliphatic rings. The van der Waals surface area contributed by atoms with Crippen LogP contribution in [0.25, 0.3) is 16.9 Å². The van der Waals surface area contributed by atoms with Gasteiger partial charge in [-0.25, -0.2) is 33.0 Å². The van der Waals surface area contributed by atoms with E-state index in [1.807, 2.05) is 0 Å². The van der Waals surface area contributed by atoms with E-state index < -0.39 is 21.8 Å². The molecule has 1 fully saturated rings. The van der Waals surface area contributed by atoms with Crippen molar-refractivity contribution in [3.63, 3.8) is 0 Å². The summed E-state index contributed by atoms with van der Waals surface area (Å²) in [5.41, 5.74) is 4.73. The zero-order chi connectivity index (χ0) is 27.9. The van der Waals surface area contributed by atoms with Gasteiger partial charge in [0.05, 0.1) is 23.9 Å². The molecule has 0 amide bonds. The van der Waals surface area contributed by atoms with E-state index in [0.29, 0.717) is 24.7 Å². The molecule has 12 nitrogen and oxygen atoms in total. The van der Waals surface area contributed by atoms with Gasteiger partial charge in [0, 0.05) is 56.5 Å². The molecular weight excluding hydrogens is 561 g/mol. The van der Waals surface area contributed by atoms with E-state index in [2.05, 4.69) is 30.4 Å². The van der Waals surface area contributed by atoms with Crippen molar-refractivity contribution in [2.75, 3.05) is 24.1 Å². The summed E-state index contributed by atoms with van der Waals surface area (Å²) in [5, 5.41) is 7.22. The van der Waals surface area contributed by atoms with Crippen molar-refractivity contribution in [3.05, 3.63) is 54.0 Å². The first-order valence-corrected chi connectivity index (χ1v) is 13.4. The van der Waals surface area contributed by atoms with Crippen molar-refractivity contribution in [3.8, 4) is 16.9 Å². The standard InChI is InChI=1S/C22H22ClF3N10O2S/c1-34-11-17(30-12-34)39(37,38)35-6-3-14(4-7-35)32-21-29-9-15(22(24,25)26)19(33-21)13-8-31-36(10-13)16-2-5-28-20(27)18(16)23/h2,5,8-12,14H,3-4,6-7H2,1H3,(H2,27,28)(H,29,32,33). The van der Waals surface area contributed by atoms with Gasteiger partial charge in [-0.2, -0.15) is 22.6 Å². The minimum Gasteiger partial charge on any atom is -0.382 e. The second-order valence-electron chi connectivity index (χ2n) is 8.86. The number of nitrogens with zero attached hydrogens (tertiary/aromatic N) is 8. The van der Waals surface area contributed by atoms with Crippen molar-refractivity contribution in [2.24, 2.45) is 7.05 Å². The predicted octanol–water partition coefficient (Wildman–Crippen LogP) is 2.98. The van der Waals surface area contributed by atoms with Gasteiger partial charge < -0.3 is 15.6 Å². The molecule has 4 aromatic heterocycles. The van der Waals surface area contributed by atoms with Crippen molar-refractivity contribution < 1.29 is 21.6 Å². The lowest BCUT2D eigenvalue weighted by Crippen LogP contribution is -2.42. The lowest BCUT2D eigenvalue weighted by molar-refractivity contribution is -0.137. The molecule has 0 bridgehead atoms. The third-order valence-electron chi connectivity index (χ3n) is 6.17. The smallest absolute Gasteiger partial charge is 0.382 e. The third kappa shape index (κ3) is 5.39. The summed E-state index contributed by atoms with van der Waals surface area (Å²) in [6, 6.07) is 1.26. The van der Waals surface area contributed by atoms with Gasteiger partial charge in [0.25, 0.3) is 10.0 Å². The number of aromatic nitrogens is 7. The number of hydrogen-bond donors (Lipinski definition) is 2. The Kier molecular flexibility index (Phi) is 6.94. The largest absolute Gasteiger partial charge is 0.419 e. The molecule has 0 atom stereocenters. The number of imidazole rings is 1. The fraction of sp³-hybridized carbons (Fsp3) is 0.318. The summed E-state index contributed by atoms with van der Waals surface area (Å²) in [7, 11) is -2.07. The van der Waals surface area contributed by atoms with E-state index in [1.165, 1.54) is 46.2 Å². The first-order valence-electron chi connectivity index (χ1n) is 11.6. The van der Waals surface area contributed by atoms with Gasteiger partial charge in [-0.3, -0.25) is 0 Å². The number of alkyl halides is 3. The normalized spacial score (nSPS) is 15.5. The number of rotatable bonds is 6. The number of halogens is 4. The van der Waals surface area contributed by atoms with Crippen LogP contribution in [0.15, 0.2) is 48.4 Å². The van der Waals surface area contributed by atoms with E-state index in [0.717, 1.165) is 0 Å². The predicted molar refractivity (Wildman–Crippen MR) is 135 cm³/mol. The Morgan fingerprint density at radius 1 is 1.13 bits per heavy atom. The summed E-state index contributed by atoms with van der Waals surface area (Å²) in [6.07, 6.45) is 3.59. The SMILES string of the molecule is Cn1cnc(S(=O)(=O)N2CCC(Nc3ncc(C(F)(F)F)c(-c4cnn(-c5ccnc(N)c5Cl)c4)n3)CC2)c1. The molecule has 4 aromatic rings. The maximum Gasteiger partial charge on any atom is 0.419 e. The first kappa shape index (κ1) is 26.8. The number of nitrogens with one attached hydrogen (secondary N) is 1. The van der Waals surface area contributed by atoms with Crippen LogP contribution < -0.4 is 11.1 Å². The highest BCUT2D eigenvalue weighted by atomic mass is 35.5. The van der Waals surface area contributed by atoms with Crippen LogP contribution in [0.1, 0.15) is 18.4 Å². The minimum absolute atomic E-state index is 0.0250. The highest BCUT2D eigenvalue weighted by Crippen LogP contribution is 2.37. The Morgan fingerprint density at radius 2 is 1.87 bits per heavy atom. The van der Waals surface area contributed by atoms with Crippen molar-refractivity contribution >= 4 is 33.4 Å². The topological polar surface area (TPSA) is 150 Å². The molecule has 0 aromatic carbocycles. The lowest BCUT2D eigenvalue weighted by atomic mass is 10.1. The van der Waals surface area contributed by atoms with E-state index in [1.54, 1.807) is 11.6 Å². The second kappa shape index (κ2) is 10.1. The number of nitrogen functional groups attached to an aromatic ring is 1. The van der Waals surface area contributed by atoms with Crippen molar-refractivity contribution in [2.45, 2.75) is 30.1 Å². The Bertz CT molecular complexity index is 1610. The zero-order valence-electron chi connectivity index (χ0n) is 20.3. The van der Waals surface area contributed by atoms with Gasteiger partial charge in [-0.15, -0.1) is 0 Å². The van der Waals surface area contributed by atoms with Gasteiger partial charge in [0.2, 0.25) is 5.95 Å². The summed E-state index contributed by atoms with van der Waals surface area (Å²) >= 11 is 6.19. The van der Waals surface area contributed by atoms with E-state index in [4.69, 9.17) is 17.3 Å². The molecule has 206 valence electrons. The molecule has 3 N–H and O–H groups in total. The summed E-state index contributed by atoms with van der Waals surface area (Å²) in [6.45, 7) is 0.402.